The Morgan fingerprint density at radius 3 is 2.02 bits per heavy atom. The number of allylic oxidation sites excluding steroid dienone is 5. The zero-order chi connectivity index (χ0) is 30.3. The molecule has 2 aliphatic heterocycles. The first-order valence-corrected chi connectivity index (χ1v) is 13.8. The van der Waals surface area contributed by atoms with Crippen LogP contribution in [0.2, 0.25) is 0 Å². The molecular weight excluding hydrogens is 551 g/mol. The second-order valence-corrected chi connectivity index (χ2v) is 10.7. The van der Waals surface area contributed by atoms with Gasteiger partial charge in [0.05, 0.1) is 22.8 Å². The minimum atomic E-state index is -1.13. The van der Waals surface area contributed by atoms with E-state index in [-0.39, 0.29) is 48.8 Å². The molecule has 3 aromatic heterocycles. The van der Waals surface area contributed by atoms with Crippen LogP contribution in [0.15, 0.2) is 43.5 Å². The van der Waals surface area contributed by atoms with E-state index >= 15 is 0 Å². The maximum absolute atomic E-state index is 11.5. The number of nitrogens with one attached hydrogen (secondary N) is 2. The number of aromatic amines is 2. The number of aromatic nitrogens is 4. The predicted octanol–water partition coefficient (Wildman–Crippen LogP) is 3.17. The Hall–Kier alpha value is -3.98. The molecule has 3 N–H and O–H groups in total. The largest absolute Gasteiger partial charge is 1.00 e. The van der Waals surface area contributed by atoms with Crippen molar-refractivity contribution < 1.29 is 49.4 Å². The number of carbonyl (C=O) groups is 2. The average Bonchev–Trinajstić information content (AvgIpc) is 3.59. The maximum atomic E-state index is 11.5. The van der Waals surface area contributed by atoms with Gasteiger partial charge in [-0.05, 0) is 105 Å². The van der Waals surface area contributed by atoms with Gasteiger partial charge in [0.1, 0.15) is 0 Å². The van der Waals surface area contributed by atoms with Crippen LogP contribution in [0, 0.1) is 13.8 Å². The van der Waals surface area contributed by atoms with E-state index in [2.05, 4.69) is 23.1 Å². The van der Waals surface area contributed by atoms with E-state index in [0.717, 1.165) is 83.7 Å². The molecule has 5 heterocycles. The van der Waals surface area contributed by atoms with Gasteiger partial charge >= 0.3 is 35.5 Å². The molecule has 43 heavy (non-hydrogen) atoms. The number of H-pyrrole nitrogens is 2. The van der Waals surface area contributed by atoms with E-state index in [0.29, 0.717) is 12.1 Å². The van der Waals surface area contributed by atoms with Crippen molar-refractivity contribution >= 4 is 62.4 Å². The van der Waals surface area contributed by atoms with Gasteiger partial charge in [0.15, 0.2) is 0 Å². The Labute approximate surface area is 272 Å². The van der Waals surface area contributed by atoms with Crippen molar-refractivity contribution in [2.24, 2.45) is 0 Å². The number of nitrogens with zero attached hydrogens (tertiary/aromatic N) is 2. The Kier molecular flexibility index (Phi) is 9.44. The van der Waals surface area contributed by atoms with Crippen molar-refractivity contribution in [2.75, 3.05) is 0 Å². The molecule has 0 atom stereocenters. The summed E-state index contributed by atoms with van der Waals surface area (Å²) in [6, 6.07) is 7.83. The monoisotopic (exact) mass is 584 g/mol. The van der Waals surface area contributed by atoms with Crippen LogP contribution >= 0.6 is 0 Å². The second-order valence-electron chi connectivity index (χ2n) is 10.7. The second kappa shape index (κ2) is 12.7. The van der Waals surface area contributed by atoms with E-state index in [4.69, 9.17) is 9.97 Å². The summed E-state index contributed by atoms with van der Waals surface area (Å²) in [6.45, 7) is 16.0. The topological polar surface area (TPSA) is 135 Å². The van der Waals surface area contributed by atoms with Gasteiger partial charge in [-0.1, -0.05) is 25.3 Å². The Bertz CT molecular complexity index is 1920. The molecule has 0 radical (unpaired) electrons. The smallest absolute Gasteiger partial charge is 0.550 e. The Balaban J connectivity index is 0.00000423. The maximum Gasteiger partial charge on any atom is 1.00 e. The summed E-state index contributed by atoms with van der Waals surface area (Å²) in [5.41, 5.74) is 13.5. The first kappa shape index (κ1) is 31.9. The summed E-state index contributed by atoms with van der Waals surface area (Å²) in [6.07, 6.45) is 4.02. The van der Waals surface area contributed by atoms with Gasteiger partial charge in [-0.3, -0.25) is 4.79 Å². The van der Waals surface area contributed by atoms with Crippen molar-refractivity contribution in [1.29, 1.82) is 0 Å². The van der Waals surface area contributed by atoms with Crippen LogP contribution in [-0.2, 0) is 16.0 Å². The fraction of sp³-hybridized carbons (Fsp3) is 0.235. The standard InChI is InChI=1S/C34H34N4O4.Na/c1-7-21-17(3)25-13-26-19(5)23(9-11-33(39)40)31(37-26)16-32-24(10-12-34(41)42)20(6)28(38-32)15-30-22(8-2)18(4)27(36-30)14-29(21)35-25;/h7-8,13-16,35,38H,1-2,9-12H2,3-6H3,(H,39,40)(H,41,42);/q;+1/p-1. The summed E-state index contributed by atoms with van der Waals surface area (Å²) < 4.78 is 0. The molecule has 8 nitrogen and oxygen atoms in total. The fourth-order valence-corrected chi connectivity index (χ4v) is 5.76. The first-order chi connectivity index (χ1) is 20.0. The van der Waals surface area contributed by atoms with E-state index in [9.17, 15) is 19.8 Å². The van der Waals surface area contributed by atoms with Crippen LogP contribution in [-0.4, -0.2) is 37.0 Å². The summed E-state index contributed by atoms with van der Waals surface area (Å²) >= 11 is 0. The summed E-state index contributed by atoms with van der Waals surface area (Å²) in [5, 5.41) is 20.9. The number of rotatable bonds is 8. The molecule has 5 rings (SSSR count). The third kappa shape index (κ3) is 6.09. The molecule has 0 spiro atoms. The molecule has 9 heteroatoms. The van der Waals surface area contributed by atoms with Gasteiger partial charge in [0.2, 0.25) is 0 Å². The Morgan fingerprint density at radius 2 is 1.37 bits per heavy atom. The summed E-state index contributed by atoms with van der Waals surface area (Å²) in [5.74, 6) is -2.02. The number of hydrogen-bond acceptors (Lipinski definition) is 5. The van der Waals surface area contributed by atoms with Crippen molar-refractivity contribution in [3.8, 4) is 0 Å². The first-order valence-electron chi connectivity index (χ1n) is 13.8. The molecule has 0 aromatic carbocycles. The molecule has 0 saturated heterocycles. The average molecular weight is 585 g/mol. The summed E-state index contributed by atoms with van der Waals surface area (Å²) in [4.78, 5) is 39.8. The zero-order valence-corrected chi connectivity index (χ0v) is 27.3. The van der Waals surface area contributed by atoms with Crippen LogP contribution in [0.5, 0.6) is 0 Å². The van der Waals surface area contributed by atoms with Gasteiger partial charge in [-0.2, -0.15) is 0 Å². The van der Waals surface area contributed by atoms with Gasteiger partial charge in [-0.15, -0.1) is 0 Å². The molecule has 0 aliphatic carbocycles. The molecule has 0 saturated carbocycles. The minimum absolute atomic E-state index is 0. The predicted molar refractivity (Wildman–Crippen MR) is 166 cm³/mol. The molecule has 0 unspecified atom stereocenters. The van der Waals surface area contributed by atoms with Crippen LogP contribution in [0.25, 0.3) is 50.4 Å². The molecule has 3 aromatic rings. The molecule has 0 fully saturated rings. The number of carboxylic acids is 2. The van der Waals surface area contributed by atoms with Crippen LogP contribution < -0.4 is 34.7 Å². The third-order valence-corrected chi connectivity index (χ3v) is 8.21. The van der Waals surface area contributed by atoms with Crippen LogP contribution in [0.3, 0.4) is 0 Å². The van der Waals surface area contributed by atoms with Gasteiger partial charge < -0.3 is 25.0 Å². The molecule has 2 aliphatic rings. The minimum Gasteiger partial charge on any atom is -0.550 e. The number of fused-ring (bicyclic) bond motifs is 8. The quantitative estimate of drug-likeness (QED) is 0.348. The molecule has 8 bridgehead atoms. The Morgan fingerprint density at radius 1 is 0.791 bits per heavy atom. The number of carboxylic acid groups (broad SMARTS) is 2. The van der Waals surface area contributed by atoms with Crippen molar-refractivity contribution in [1.82, 2.24) is 19.9 Å². The van der Waals surface area contributed by atoms with E-state index in [1.54, 1.807) is 6.08 Å². The van der Waals surface area contributed by atoms with Crippen LogP contribution in [0.4, 0.5) is 0 Å². The summed E-state index contributed by atoms with van der Waals surface area (Å²) in [7, 11) is 0. The van der Waals surface area contributed by atoms with Crippen molar-refractivity contribution in [3.05, 3.63) is 88.5 Å². The van der Waals surface area contributed by atoms with Gasteiger partial charge in [0, 0.05) is 45.6 Å². The number of carbonyl (C=O) groups excluding carboxylic acids is 1. The molecule has 0 amide bonds. The van der Waals surface area contributed by atoms with E-state index < -0.39 is 11.9 Å². The number of aliphatic carboxylic acids is 2. The fourth-order valence-electron chi connectivity index (χ4n) is 5.76. The number of aryl methyl sites for hydroxylation is 3. The molecular formula is C34H33N4NaO4. The SMILES string of the molecule is C=CC1=C(C)c2cc3[nH]c(cc4nc(cc5[nH]c(cc1n2)c(C)c5CCC(=O)[O-])C(CCC(=O)O)=C4C)c(C)c3C=C.[Na+]. The number of hydrogen-bond donors (Lipinski definition) is 3. The normalized spacial score (nSPS) is 12.7. The van der Waals surface area contributed by atoms with E-state index in [1.165, 1.54) is 0 Å². The third-order valence-electron chi connectivity index (χ3n) is 8.21. The van der Waals surface area contributed by atoms with E-state index in [1.807, 2.05) is 58.0 Å². The van der Waals surface area contributed by atoms with Crippen molar-refractivity contribution in [3.63, 3.8) is 0 Å². The molecule has 214 valence electrons. The van der Waals surface area contributed by atoms with Gasteiger partial charge in [-0.25, -0.2) is 9.97 Å². The van der Waals surface area contributed by atoms with Gasteiger partial charge in [0.25, 0.3) is 0 Å². The van der Waals surface area contributed by atoms with Crippen LogP contribution in [0.1, 0.15) is 78.1 Å². The van der Waals surface area contributed by atoms with Crippen molar-refractivity contribution in [2.45, 2.75) is 53.4 Å². The zero-order valence-electron chi connectivity index (χ0n) is 25.3.